The van der Waals surface area contributed by atoms with E-state index in [2.05, 4.69) is 42.5 Å². The summed E-state index contributed by atoms with van der Waals surface area (Å²) in [4.78, 5) is 0. The van der Waals surface area contributed by atoms with Gasteiger partial charge in [-0.05, 0) is 69.8 Å². The Bertz CT molecular complexity index is 406. The second-order valence-corrected chi connectivity index (χ2v) is 6.27. The largest absolute Gasteiger partial charge is 0.495 e. The number of rotatable bonds is 4. The molecule has 5 heteroatoms. The first-order valence-corrected chi connectivity index (χ1v) is 7.77. The summed E-state index contributed by atoms with van der Waals surface area (Å²) in [5.41, 5.74) is 1.08. The second kappa shape index (κ2) is 6.78. The molecule has 2 rings (SSSR count). The van der Waals surface area contributed by atoms with Crippen molar-refractivity contribution in [2.24, 2.45) is 5.92 Å². The van der Waals surface area contributed by atoms with E-state index in [1.165, 1.54) is 12.8 Å². The number of ether oxygens (including phenoxy) is 1. The van der Waals surface area contributed by atoms with E-state index in [1.54, 1.807) is 7.11 Å². The van der Waals surface area contributed by atoms with E-state index >= 15 is 0 Å². The Morgan fingerprint density at radius 2 is 2.22 bits per heavy atom. The Morgan fingerprint density at radius 3 is 2.89 bits per heavy atom. The third kappa shape index (κ3) is 3.62. The van der Waals surface area contributed by atoms with Gasteiger partial charge in [-0.2, -0.15) is 0 Å². The van der Waals surface area contributed by atoms with Crippen LogP contribution < -0.4 is 15.4 Å². The lowest BCUT2D eigenvalue weighted by Gasteiger charge is -2.23. The van der Waals surface area contributed by atoms with Gasteiger partial charge in [-0.1, -0.05) is 0 Å². The standard InChI is InChI=1S/C13H18Br2N2O/c1-18-13-6-12(10(14)5-11(13)15)17-8-9-3-2-4-16-7-9/h5-6,9,16-17H,2-4,7-8H2,1H3. The van der Waals surface area contributed by atoms with Crippen molar-refractivity contribution in [3.63, 3.8) is 0 Å². The Hall–Kier alpha value is -0.260. The maximum atomic E-state index is 5.31. The van der Waals surface area contributed by atoms with Gasteiger partial charge in [0, 0.05) is 17.1 Å². The summed E-state index contributed by atoms with van der Waals surface area (Å²) in [5, 5.41) is 6.93. The SMILES string of the molecule is COc1cc(NCC2CCCNC2)c(Br)cc1Br. The van der Waals surface area contributed by atoms with Crippen molar-refractivity contribution in [3.8, 4) is 5.75 Å². The average Bonchev–Trinajstić information content (AvgIpc) is 2.39. The highest BCUT2D eigenvalue weighted by atomic mass is 79.9. The van der Waals surface area contributed by atoms with Gasteiger partial charge in [-0.15, -0.1) is 0 Å². The monoisotopic (exact) mass is 376 g/mol. The predicted octanol–water partition coefficient (Wildman–Crippen LogP) is 3.63. The van der Waals surface area contributed by atoms with Crippen molar-refractivity contribution >= 4 is 37.5 Å². The van der Waals surface area contributed by atoms with Crippen LogP contribution in [0.1, 0.15) is 12.8 Å². The first kappa shape index (κ1) is 14.2. The summed E-state index contributed by atoms with van der Waals surface area (Å²) >= 11 is 7.05. The van der Waals surface area contributed by atoms with Crippen LogP contribution in [0.5, 0.6) is 5.75 Å². The summed E-state index contributed by atoms with van der Waals surface area (Å²) in [6.07, 6.45) is 2.57. The molecule has 1 saturated heterocycles. The number of benzene rings is 1. The molecule has 1 aromatic carbocycles. The van der Waals surface area contributed by atoms with Gasteiger partial charge < -0.3 is 15.4 Å². The number of halogens is 2. The Balaban J connectivity index is 1.99. The number of anilines is 1. The number of nitrogens with one attached hydrogen (secondary N) is 2. The van der Waals surface area contributed by atoms with E-state index in [0.29, 0.717) is 5.92 Å². The molecule has 1 fully saturated rings. The molecule has 0 radical (unpaired) electrons. The molecule has 0 aliphatic carbocycles. The maximum Gasteiger partial charge on any atom is 0.135 e. The average molecular weight is 378 g/mol. The smallest absolute Gasteiger partial charge is 0.135 e. The predicted molar refractivity (Wildman–Crippen MR) is 82.5 cm³/mol. The Kier molecular flexibility index (Phi) is 5.33. The lowest BCUT2D eigenvalue weighted by molar-refractivity contribution is 0.392. The zero-order chi connectivity index (χ0) is 13.0. The van der Waals surface area contributed by atoms with Crippen LogP contribution in [0, 0.1) is 5.92 Å². The topological polar surface area (TPSA) is 33.3 Å². The van der Waals surface area contributed by atoms with Crippen LogP contribution in [0.25, 0.3) is 0 Å². The number of methoxy groups -OCH3 is 1. The van der Waals surface area contributed by atoms with Crippen molar-refractivity contribution in [2.75, 3.05) is 32.1 Å². The summed E-state index contributed by atoms with van der Waals surface area (Å²) in [6.45, 7) is 3.26. The second-order valence-electron chi connectivity index (χ2n) is 4.56. The molecule has 2 N–H and O–H groups in total. The van der Waals surface area contributed by atoms with Crippen LogP contribution in [0.2, 0.25) is 0 Å². The molecule has 0 bridgehead atoms. The highest BCUT2D eigenvalue weighted by Crippen LogP contribution is 2.34. The van der Waals surface area contributed by atoms with Gasteiger partial charge in [0.15, 0.2) is 0 Å². The molecule has 0 spiro atoms. The minimum atomic E-state index is 0.709. The van der Waals surface area contributed by atoms with Crippen molar-refractivity contribution in [1.82, 2.24) is 5.32 Å². The zero-order valence-electron chi connectivity index (χ0n) is 10.4. The quantitative estimate of drug-likeness (QED) is 0.840. The van der Waals surface area contributed by atoms with E-state index in [9.17, 15) is 0 Å². The molecule has 0 amide bonds. The molecule has 3 nitrogen and oxygen atoms in total. The van der Waals surface area contributed by atoms with Crippen LogP contribution in [0.15, 0.2) is 21.1 Å². The molecule has 1 atom stereocenters. The van der Waals surface area contributed by atoms with Crippen LogP contribution in [0.4, 0.5) is 5.69 Å². The molecule has 0 saturated carbocycles. The minimum absolute atomic E-state index is 0.709. The molecular formula is C13H18Br2N2O. The number of hydrogen-bond donors (Lipinski definition) is 2. The molecule has 1 unspecified atom stereocenters. The van der Waals surface area contributed by atoms with Crippen molar-refractivity contribution in [1.29, 1.82) is 0 Å². The number of piperidine rings is 1. The molecular weight excluding hydrogens is 360 g/mol. The molecule has 1 aromatic rings. The third-order valence-corrected chi connectivity index (χ3v) is 4.50. The zero-order valence-corrected chi connectivity index (χ0v) is 13.6. The molecule has 18 heavy (non-hydrogen) atoms. The Labute approximate surface area is 125 Å². The third-order valence-electron chi connectivity index (χ3n) is 3.22. The van der Waals surface area contributed by atoms with E-state index < -0.39 is 0 Å². The summed E-state index contributed by atoms with van der Waals surface area (Å²) in [7, 11) is 1.68. The Morgan fingerprint density at radius 1 is 1.39 bits per heavy atom. The van der Waals surface area contributed by atoms with E-state index in [4.69, 9.17) is 4.74 Å². The highest BCUT2D eigenvalue weighted by Gasteiger charge is 2.13. The summed E-state index contributed by atoms with van der Waals surface area (Å²) in [5.74, 6) is 1.56. The van der Waals surface area contributed by atoms with Gasteiger partial charge in [0.1, 0.15) is 5.75 Å². The summed E-state index contributed by atoms with van der Waals surface area (Å²) in [6, 6.07) is 4.03. The van der Waals surface area contributed by atoms with Crippen LogP contribution in [-0.4, -0.2) is 26.7 Å². The van der Waals surface area contributed by atoms with Gasteiger partial charge in [-0.25, -0.2) is 0 Å². The van der Waals surface area contributed by atoms with Gasteiger partial charge in [0.2, 0.25) is 0 Å². The van der Waals surface area contributed by atoms with E-state index in [1.807, 2.05) is 12.1 Å². The van der Waals surface area contributed by atoms with E-state index in [0.717, 1.165) is 40.0 Å². The first-order valence-electron chi connectivity index (χ1n) is 6.18. The minimum Gasteiger partial charge on any atom is -0.495 e. The fourth-order valence-electron chi connectivity index (χ4n) is 2.17. The highest BCUT2D eigenvalue weighted by molar-refractivity contribution is 9.11. The summed E-state index contributed by atoms with van der Waals surface area (Å²) < 4.78 is 7.33. The van der Waals surface area contributed by atoms with Gasteiger partial charge in [0.25, 0.3) is 0 Å². The fraction of sp³-hybridized carbons (Fsp3) is 0.538. The van der Waals surface area contributed by atoms with Crippen molar-refractivity contribution in [2.45, 2.75) is 12.8 Å². The van der Waals surface area contributed by atoms with Gasteiger partial charge in [-0.3, -0.25) is 0 Å². The van der Waals surface area contributed by atoms with Crippen LogP contribution in [-0.2, 0) is 0 Å². The maximum absolute atomic E-state index is 5.31. The van der Waals surface area contributed by atoms with Crippen molar-refractivity contribution in [3.05, 3.63) is 21.1 Å². The van der Waals surface area contributed by atoms with Crippen LogP contribution >= 0.6 is 31.9 Å². The van der Waals surface area contributed by atoms with Crippen molar-refractivity contribution < 1.29 is 4.74 Å². The van der Waals surface area contributed by atoms with Crippen LogP contribution in [0.3, 0.4) is 0 Å². The lowest BCUT2D eigenvalue weighted by atomic mass is 10.00. The van der Waals surface area contributed by atoms with E-state index in [-0.39, 0.29) is 0 Å². The van der Waals surface area contributed by atoms with Gasteiger partial charge >= 0.3 is 0 Å². The molecule has 0 aromatic heterocycles. The molecule has 100 valence electrons. The normalized spacial score (nSPS) is 19.6. The number of hydrogen-bond acceptors (Lipinski definition) is 3. The molecule has 1 heterocycles. The van der Waals surface area contributed by atoms with Gasteiger partial charge in [0.05, 0.1) is 17.3 Å². The fourth-order valence-corrected chi connectivity index (χ4v) is 3.47. The first-order chi connectivity index (χ1) is 8.70. The molecule has 1 aliphatic heterocycles. The lowest BCUT2D eigenvalue weighted by Crippen LogP contribution is -2.33. The molecule has 1 aliphatic rings.